The normalized spacial score (nSPS) is 12.8. The second-order valence-electron chi connectivity index (χ2n) is 6.14. The molecule has 0 aromatic heterocycles. The van der Waals surface area contributed by atoms with Crippen LogP contribution < -0.4 is 16.4 Å². The molecule has 0 aliphatic rings. The van der Waals surface area contributed by atoms with Gasteiger partial charge in [-0.2, -0.15) is 0 Å². The number of rotatable bonds is 6. The number of nitrogens with one attached hydrogen (secondary N) is 2. The maximum Gasteiger partial charge on any atom is 0.407 e. The first-order valence-electron chi connectivity index (χ1n) is 7.29. The van der Waals surface area contributed by atoms with E-state index in [2.05, 4.69) is 10.6 Å². The van der Waals surface area contributed by atoms with Crippen LogP contribution in [0.3, 0.4) is 0 Å². The van der Waals surface area contributed by atoms with Gasteiger partial charge in [-0.05, 0) is 38.8 Å². The van der Waals surface area contributed by atoms with Crippen molar-refractivity contribution >= 4 is 6.09 Å². The van der Waals surface area contributed by atoms with Crippen LogP contribution in [-0.2, 0) is 17.8 Å². The third-order valence-corrected chi connectivity index (χ3v) is 2.93. The van der Waals surface area contributed by atoms with Gasteiger partial charge >= 0.3 is 6.09 Å². The van der Waals surface area contributed by atoms with E-state index in [-0.39, 0.29) is 6.04 Å². The van der Waals surface area contributed by atoms with E-state index < -0.39 is 11.7 Å². The van der Waals surface area contributed by atoms with Crippen molar-refractivity contribution in [3.8, 4) is 0 Å². The van der Waals surface area contributed by atoms with Crippen molar-refractivity contribution in [3.05, 3.63) is 35.4 Å². The van der Waals surface area contributed by atoms with Gasteiger partial charge < -0.3 is 21.1 Å². The molecule has 5 heteroatoms. The second-order valence-corrected chi connectivity index (χ2v) is 6.14. The van der Waals surface area contributed by atoms with Gasteiger partial charge in [-0.15, -0.1) is 0 Å². The summed E-state index contributed by atoms with van der Waals surface area (Å²) < 4.78 is 5.23. The molecule has 1 rings (SSSR count). The van der Waals surface area contributed by atoms with Crippen molar-refractivity contribution in [2.75, 3.05) is 6.54 Å². The highest BCUT2D eigenvalue weighted by atomic mass is 16.6. The first-order valence-corrected chi connectivity index (χ1v) is 7.29. The van der Waals surface area contributed by atoms with Gasteiger partial charge in [0.15, 0.2) is 0 Å². The average molecular weight is 293 g/mol. The number of amides is 1. The molecule has 0 radical (unpaired) electrons. The number of carbonyl (C=O) groups excluding carboxylic acids is 1. The van der Waals surface area contributed by atoms with Crippen molar-refractivity contribution in [1.29, 1.82) is 0 Å². The topological polar surface area (TPSA) is 76.4 Å². The van der Waals surface area contributed by atoms with E-state index in [1.807, 2.05) is 52.0 Å². The SMILES string of the molecule is CC(CN)NCc1ccccc1CNC(=O)OC(C)(C)C. The molecule has 0 saturated carbocycles. The number of carbonyl (C=O) groups is 1. The number of benzene rings is 1. The van der Waals surface area contributed by atoms with Crippen LogP contribution in [0.2, 0.25) is 0 Å². The van der Waals surface area contributed by atoms with Crippen LogP contribution in [0, 0.1) is 0 Å². The summed E-state index contributed by atoms with van der Waals surface area (Å²) in [6, 6.07) is 8.25. The molecule has 0 bridgehead atoms. The minimum atomic E-state index is -0.484. The molecule has 0 saturated heterocycles. The summed E-state index contributed by atoms with van der Waals surface area (Å²) in [4.78, 5) is 11.7. The molecular formula is C16H27N3O2. The molecule has 5 nitrogen and oxygen atoms in total. The fourth-order valence-electron chi connectivity index (χ4n) is 1.75. The fourth-order valence-corrected chi connectivity index (χ4v) is 1.75. The van der Waals surface area contributed by atoms with Crippen molar-refractivity contribution in [2.45, 2.75) is 52.4 Å². The molecule has 1 amide bonds. The lowest BCUT2D eigenvalue weighted by Crippen LogP contribution is -2.34. The Kier molecular flexibility index (Phi) is 6.65. The Labute approximate surface area is 127 Å². The van der Waals surface area contributed by atoms with E-state index in [4.69, 9.17) is 10.5 Å². The molecule has 21 heavy (non-hydrogen) atoms. The maximum atomic E-state index is 11.7. The summed E-state index contributed by atoms with van der Waals surface area (Å²) in [6.07, 6.45) is -0.402. The lowest BCUT2D eigenvalue weighted by Gasteiger charge is -2.20. The summed E-state index contributed by atoms with van der Waals surface area (Å²) in [5, 5.41) is 6.13. The quantitative estimate of drug-likeness (QED) is 0.751. The third-order valence-electron chi connectivity index (χ3n) is 2.93. The maximum absolute atomic E-state index is 11.7. The van der Waals surface area contributed by atoms with Crippen LogP contribution in [0.15, 0.2) is 24.3 Å². The molecule has 4 N–H and O–H groups in total. The van der Waals surface area contributed by atoms with Gasteiger partial charge in [0, 0.05) is 25.7 Å². The zero-order valence-corrected chi connectivity index (χ0v) is 13.4. The largest absolute Gasteiger partial charge is 0.444 e. The van der Waals surface area contributed by atoms with Gasteiger partial charge in [0.25, 0.3) is 0 Å². The minimum Gasteiger partial charge on any atom is -0.444 e. The predicted octanol–water partition coefficient (Wildman–Crippen LogP) is 2.15. The highest BCUT2D eigenvalue weighted by molar-refractivity contribution is 5.67. The summed E-state index contributed by atoms with van der Waals surface area (Å²) >= 11 is 0. The Morgan fingerprint density at radius 3 is 2.33 bits per heavy atom. The molecule has 0 aliphatic carbocycles. The van der Waals surface area contributed by atoms with E-state index in [1.165, 1.54) is 0 Å². The average Bonchev–Trinajstić information content (AvgIpc) is 2.41. The number of hydrogen-bond donors (Lipinski definition) is 3. The molecular weight excluding hydrogens is 266 g/mol. The molecule has 1 aromatic carbocycles. The predicted molar refractivity (Wildman–Crippen MR) is 84.9 cm³/mol. The zero-order valence-electron chi connectivity index (χ0n) is 13.4. The van der Waals surface area contributed by atoms with E-state index in [1.54, 1.807) is 0 Å². The first-order chi connectivity index (χ1) is 9.81. The van der Waals surface area contributed by atoms with Gasteiger partial charge in [-0.1, -0.05) is 24.3 Å². The summed E-state index contributed by atoms with van der Waals surface area (Å²) in [6.45, 7) is 9.35. The highest BCUT2D eigenvalue weighted by Gasteiger charge is 2.16. The van der Waals surface area contributed by atoms with E-state index in [9.17, 15) is 4.79 Å². The lowest BCUT2D eigenvalue weighted by atomic mass is 10.1. The monoisotopic (exact) mass is 293 g/mol. The van der Waals surface area contributed by atoms with Crippen molar-refractivity contribution < 1.29 is 9.53 Å². The smallest absolute Gasteiger partial charge is 0.407 e. The Morgan fingerprint density at radius 2 is 1.81 bits per heavy atom. The lowest BCUT2D eigenvalue weighted by molar-refractivity contribution is 0.0523. The Morgan fingerprint density at radius 1 is 1.24 bits per heavy atom. The second kappa shape index (κ2) is 8.00. The molecule has 118 valence electrons. The highest BCUT2D eigenvalue weighted by Crippen LogP contribution is 2.10. The van der Waals surface area contributed by atoms with Crippen LogP contribution in [0.4, 0.5) is 4.79 Å². The Hall–Kier alpha value is -1.59. The zero-order chi connectivity index (χ0) is 15.9. The fraction of sp³-hybridized carbons (Fsp3) is 0.562. The van der Waals surface area contributed by atoms with Gasteiger partial charge in [0.1, 0.15) is 5.60 Å². The van der Waals surface area contributed by atoms with Crippen LogP contribution >= 0.6 is 0 Å². The molecule has 0 fully saturated rings. The summed E-state index contributed by atoms with van der Waals surface area (Å²) in [5.74, 6) is 0. The Bertz CT molecular complexity index is 455. The standard InChI is InChI=1S/C16H27N3O2/c1-12(9-17)18-10-13-7-5-6-8-14(13)11-19-15(20)21-16(2,3)4/h5-8,12,18H,9-11,17H2,1-4H3,(H,19,20). The van der Waals surface area contributed by atoms with Crippen LogP contribution in [0.1, 0.15) is 38.8 Å². The van der Waals surface area contributed by atoms with Gasteiger partial charge in [-0.3, -0.25) is 0 Å². The van der Waals surface area contributed by atoms with Crippen LogP contribution in [0.25, 0.3) is 0 Å². The minimum absolute atomic E-state index is 0.261. The molecule has 0 spiro atoms. The summed E-state index contributed by atoms with van der Waals surface area (Å²) in [7, 11) is 0. The van der Waals surface area contributed by atoms with Crippen molar-refractivity contribution in [3.63, 3.8) is 0 Å². The van der Waals surface area contributed by atoms with Crippen molar-refractivity contribution in [2.24, 2.45) is 5.73 Å². The van der Waals surface area contributed by atoms with Gasteiger partial charge in [0.05, 0.1) is 0 Å². The first kappa shape index (κ1) is 17.5. The molecule has 1 atom stereocenters. The molecule has 0 aliphatic heterocycles. The summed E-state index contributed by atoms with van der Waals surface area (Å²) in [5.41, 5.74) is 7.33. The van der Waals surface area contributed by atoms with E-state index >= 15 is 0 Å². The number of nitrogens with two attached hydrogens (primary N) is 1. The molecule has 1 unspecified atom stereocenters. The number of alkyl carbamates (subject to hydrolysis) is 1. The van der Waals surface area contributed by atoms with Gasteiger partial charge in [-0.25, -0.2) is 4.79 Å². The van der Waals surface area contributed by atoms with E-state index in [0.29, 0.717) is 13.1 Å². The van der Waals surface area contributed by atoms with E-state index in [0.717, 1.165) is 17.7 Å². The number of hydrogen-bond acceptors (Lipinski definition) is 4. The molecule has 0 heterocycles. The number of ether oxygens (including phenoxy) is 1. The third kappa shape index (κ3) is 7.11. The molecule has 1 aromatic rings. The van der Waals surface area contributed by atoms with Crippen molar-refractivity contribution in [1.82, 2.24) is 10.6 Å². The van der Waals surface area contributed by atoms with Gasteiger partial charge in [0.2, 0.25) is 0 Å². The Balaban J connectivity index is 2.57. The van der Waals surface area contributed by atoms with Crippen LogP contribution in [-0.4, -0.2) is 24.3 Å². The van der Waals surface area contributed by atoms with Crippen LogP contribution in [0.5, 0.6) is 0 Å².